The van der Waals surface area contributed by atoms with E-state index < -0.39 is 0 Å². The van der Waals surface area contributed by atoms with E-state index in [1.54, 1.807) is 0 Å². The fraction of sp³-hybridized carbons (Fsp3) is 0.889. The molecular formula is C18H26BrNO2. The van der Waals surface area contributed by atoms with Gasteiger partial charge in [0.1, 0.15) is 5.78 Å². The topological polar surface area (TPSA) is 46.2 Å². The number of halogens is 1. The number of hydrogen-bond donors (Lipinski definition) is 1. The summed E-state index contributed by atoms with van der Waals surface area (Å²) in [5, 5.41) is 3.27. The van der Waals surface area contributed by atoms with Gasteiger partial charge >= 0.3 is 0 Å². The quantitative estimate of drug-likeness (QED) is 0.666. The third-order valence-corrected chi connectivity index (χ3v) is 8.54. The minimum Gasteiger partial charge on any atom is -0.352 e. The Morgan fingerprint density at radius 3 is 2.64 bits per heavy atom. The summed E-state index contributed by atoms with van der Waals surface area (Å²) in [6, 6.07) is 0.330. The first-order chi connectivity index (χ1) is 10.4. The molecule has 4 aliphatic rings. The lowest BCUT2D eigenvalue weighted by atomic mass is 9.47. The molecule has 0 aromatic heterocycles. The molecule has 0 radical (unpaired) electrons. The molecule has 0 unspecified atom stereocenters. The molecule has 1 heterocycles. The van der Waals surface area contributed by atoms with E-state index in [2.05, 4.69) is 35.1 Å². The van der Waals surface area contributed by atoms with Crippen molar-refractivity contribution in [3.63, 3.8) is 0 Å². The highest BCUT2D eigenvalue weighted by Gasteiger charge is 2.61. The van der Waals surface area contributed by atoms with Crippen molar-refractivity contribution in [1.29, 1.82) is 0 Å². The van der Waals surface area contributed by atoms with E-state index in [1.807, 2.05) is 0 Å². The fourth-order valence-electron chi connectivity index (χ4n) is 6.50. The van der Waals surface area contributed by atoms with E-state index >= 15 is 0 Å². The van der Waals surface area contributed by atoms with Crippen LogP contribution in [0.25, 0.3) is 0 Å². The summed E-state index contributed by atoms with van der Waals surface area (Å²) in [5.74, 6) is 2.61. The maximum absolute atomic E-state index is 12.4. The summed E-state index contributed by atoms with van der Waals surface area (Å²) in [6.45, 7) is 4.62. The second kappa shape index (κ2) is 4.81. The lowest BCUT2D eigenvalue weighted by Crippen LogP contribution is -2.63. The van der Waals surface area contributed by atoms with Gasteiger partial charge in [0.05, 0.1) is 4.83 Å². The molecule has 4 heteroatoms. The van der Waals surface area contributed by atoms with E-state index in [0.717, 1.165) is 38.5 Å². The Balaban J connectivity index is 1.66. The average Bonchev–Trinajstić information content (AvgIpc) is 2.77. The molecule has 0 bridgehead atoms. The first-order valence-corrected chi connectivity index (χ1v) is 9.75. The molecule has 1 amide bonds. The van der Waals surface area contributed by atoms with E-state index in [4.69, 9.17) is 0 Å². The number of rotatable bonds is 0. The predicted molar refractivity (Wildman–Crippen MR) is 88.7 cm³/mol. The van der Waals surface area contributed by atoms with Crippen LogP contribution < -0.4 is 5.32 Å². The third kappa shape index (κ3) is 1.85. The molecule has 7 atom stereocenters. The van der Waals surface area contributed by atoms with Gasteiger partial charge in [0.15, 0.2) is 0 Å². The first kappa shape index (κ1) is 15.2. The molecule has 4 fully saturated rings. The van der Waals surface area contributed by atoms with Crippen LogP contribution in [0.4, 0.5) is 0 Å². The van der Waals surface area contributed by atoms with Gasteiger partial charge in [-0.15, -0.1) is 0 Å². The van der Waals surface area contributed by atoms with E-state index in [9.17, 15) is 9.59 Å². The van der Waals surface area contributed by atoms with Gasteiger partial charge in [0, 0.05) is 17.9 Å². The van der Waals surface area contributed by atoms with Crippen LogP contribution in [-0.2, 0) is 9.59 Å². The summed E-state index contributed by atoms with van der Waals surface area (Å²) >= 11 is 3.58. The van der Waals surface area contributed by atoms with Gasteiger partial charge in [0.25, 0.3) is 0 Å². The molecule has 0 aromatic rings. The van der Waals surface area contributed by atoms with Crippen molar-refractivity contribution in [1.82, 2.24) is 5.32 Å². The van der Waals surface area contributed by atoms with Gasteiger partial charge in [-0.1, -0.05) is 29.8 Å². The Hall–Kier alpha value is -0.380. The average molecular weight is 368 g/mol. The maximum atomic E-state index is 12.4. The Morgan fingerprint density at radius 1 is 1.09 bits per heavy atom. The highest BCUT2D eigenvalue weighted by molar-refractivity contribution is 9.10. The number of Topliss-reactive ketones (excluding diaryl/α,β-unsaturated/α-hetero) is 1. The Labute approximate surface area is 141 Å². The van der Waals surface area contributed by atoms with Gasteiger partial charge in [-0.3, -0.25) is 9.59 Å². The normalized spacial score (nSPS) is 54.2. The van der Waals surface area contributed by atoms with Crippen molar-refractivity contribution in [2.24, 2.45) is 28.6 Å². The van der Waals surface area contributed by atoms with Crippen molar-refractivity contribution in [2.45, 2.75) is 69.7 Å². The van der Waals surface area contributed by atoms with E-state index in [1.165, 1.54) is 6.42 Å². The molecule has 3 aliphatic carbocycles. The van der Waals surface area contributed by atoms with Crippen LogP contribution in [0.3, 0.4) is 0 Å². The number of hydrogen-bond acceptors (Lipinski definition) is 2. The van der Waals surface area contributed by atoms with Crippen molar-refractivity contribution in [2.75, 3.05) is 0 Å². The van der Waals surface area contributed by atoms with Gasteiger partial charge in [0.2, 0.25) is 5.91 Å². The SMILES string of the molecule is C[C@]12C[C@@H](Br)C(=O)N[C@@H]1CC[C@@H]1[C@@H]2CC[C@]2(C)C(=O)CC[C@@H]12. The van der Waals surface area contributed by atoms with Gasteiger partial charge in [-0.25, -0.2) is 0 Å². The Kier molecular flexibility index (Phi) is 3.32. The number of alkyl halides is 1. The first-order valence-electron chi connectivity index (χ1n) is 8.84. The van der Waals surface area contributed by atoms with Crippen LogP contribution in [0.15, 0.2) is 0 Å². The number of fused-ring (bicyclic) bond motifs is 5. The monoisotopic (exact) mass is 367 g/mol. The zero-order valence-corrected chi connectivity index (χ0v) is 15.1. The van der Waals surface area contributed by atoms with Gasteiger partial charge < -0.3 is 5.32 Å². The maximum Gasteiger partial charge on any atom is 0.234 e. The smallest absolute Gasteiger partial charge is 0.234 e. The highest BCUT2D eigenvalue weighted by atomic mass is 79.9. The molecule has 22 heavy (non-hydrogen) atoms. The molecule has 1 aliphatic heterocycles. The molecule has 122 valence electrons. The lowest BCUT2D eigenvalue weighted by Gasteiger charge is -2.59. The number of amides is 1. The summed E-state index contributed by atoms with van der Waals surface area (Å²) in [7, 11) is 0. The lowest BCUT2D eigenvalue weighted by molar-refractivity contribution is -0.140. The number of carbonyl (C=O) groups excluding carboxylic acids is 2. The summed E-state index contributed by atoms with van der Waals surface area (Å²) < 4.78 is 0. The van der Waals surface area contributed by atoms with Crippen LogP contribution in [0, 0.1) is 28.6 Å². The summed E-state index contributed by atoms with van der Waals surface area (Å²) in [6.07, 6.45) is 7.33. The van der Waals surface area contributed by atoms with Gasteiger partial charge in [-0.05, 0) is 61.7 Å². The molecule has 0 spiro atoms. The number of ketones is 1. The van der Waals surface area contributed by atoms with Crippen molar-refractivity contribution >= 4 is 27.6 Å². The van der Waals surface area contributed by atoms with Crippen molar-refractivity contribution in [3.8, 4) is 0 Å². The largest absolute Gasteiger partial charge is 0.352 e. The van der Waals surface area contributed by atoms with Crippen LogP contribution in [-0.4, -0.2) is 22.6 Å². The Bertz CT molecular complexity index is 535. The minimum absolute atomic E-state index is 0.0456. The van der Waals surface area contributed by atoms with Crippen LogP contribution in [0.1, 0.15) is 58.8 Å². The molecular weight excluding hydrogens is 342 g/mol. The van der Waals surface area contributed by atoms with Crippen molar-refractivity contribution in [3.05, 3.63) is 0 Å². The Morgan fingerprint density at radius 2 is 1.86 bits per heavy atom. The summed E-state index contributed by atoms with van der Waals surface area (Å²) in [4.78, 5) is 24.4. The number of piperidine rings is 1. The molecule has 4 rings (SSSR count). The fourth-order valence-corrected chi connectivity index (χ4v) is 7.33. The number of carbonyl (C=O) groups is 2. The number of nitrogens with one attached hydrogen (secondary N) is 1. The highest BCUT2D eigenvalue weighted by Crippen LogP contribution is 2.63. The van der Waals surface area contributed by atoms with Crippen molar-refractivity contribution < 1.29 is 9.59 Å². The molecule has 1 saturated heterocycles. The molecule has 1 N–H and O–H groups in total. The van der Waals surface area contributed by atoms with Gasteiger partial charge in [-0.2, -0.15) is 0 Å². The molecule has 3 saturated carbocycles. The van der Waals surface area contributed by atoms with Crippen LogP contribution in [0.2, 0.25) is 0 Å². The second-order valence-corrected chi connectivity index (χ2v) is 9.72. The molecule has 3 nitrogen and oxygen atoms in total. The standard InChI is InChI=1S/C18H26BrNO2/c1-17-8-7-12-10(11(17)4-6-15(17)21)3-5-14-18(12,2)9-13(19)16(22)20-14/h10-14H,3-9H2,1-2H3,(H,20,22)/t10-,11-,12-,13+,14+,17-,18+/m0/s1. The van der Waals surface area contributed by atoms with E-state index in [0.29, 0.717) is 29.6 Å². The predicted octanol–water partition coefficient (Wildman–Crippen LogP) is 3.45. The third-order valence-electron chi connectivity index (χ3n) is 7.80. The summed E-state index contributed by atoms with van der Waals surface area (Å²) in [5.41, 5.74) is 0.147. The van der Waals surface area contributed by atoms with E-state index in [-0.39, 0.29) is 21.6 Å². The zero-order chi connectivity index (χ0) is 15.7. The second-order valence-electron chi connectivity index (χ2n) is 8.61. The minimum atomic E-state index is -0.0500. The van der Waals surface area contributed by atoms with Crippen LogP contribution in [0.5, 0.6) is 0 Å². The van der Waals surface area contributed by atoms with Crippen LogP contribution >= 0.6 is 15.9 Å². The zero-order valence-electron chi connectivity index (χ0n) is 13.5. The molecule has 0 aromatic carbocycles.